The van der Waals surface area contributed by atoms with Crippen LogP contribution in [-0.4, -0.2) is 28.0 Å². The number of carbonyl (C=O) groups is 1. The third-order valence-electron chi connectivity index (χ3n) is 4.52. The van der Waals surface area contributed by atoms with E-state index in [2.05, 4.69) is 26.0 Å². The van der Waals surface area contributed by atoms with E-state index in [1.165, 1.54) is 19.2 Å². The molecule has 2 aromatic carbocycles. The maximum atomic E-state index is 12.9. The molecule has 0 spiro atoms. The minimum Gasteiger partial charge on any atom is -0.495 e. The van der Waals surface area contributed by atoms with Crippen molar-refractivity contribution >= 4 is 37.5 Å². The number of anilines is 1. The summed E-state index contributed by atoms with van der Waals surface area (Å²) in [5, 5.41) is 2.97. The van der Waals surface area contributed by atoms with E-state index in [0.29, 0.717) is 13.0 Å². The summed E-state index contributed by atoms with van der Waals surface area (Å²) in [5.41, 5.74) is 3.04. The SMILES string of the molecule is CCCNS(=O)(=O)c1cc(C(=O)Nc2c(CC)cc(Br)cc2CC)ccc1OC. The summed E-state index contributed by atoms with van der Waals surface area (Å²) in [6.45, 7) is 6.22. The Morgan fingerprint density at radius 1 is 1.07 bits per heavy atom. The van der Waals surface area contributed by atoms with Crippen LogP contribution < -0.4 is 14.8 Å². The van der Waals surface area contributed by atoms with Crippen molar-refractivity contribution in [3.8, 4) is 5.75 Å². The monoisotopic (exact) mass is 482 g/mol. The topological polar surface area (TPSA) is 84.5 Å². The number of sulfonamides is 1. The van der Waals surface area contributed by atoms with Gasteiger partial charge in [-0.2, -0.15) is 0 Å². The molecule has 29 heavy (non-hydrogen) atoms. The van der Waals surface area contributed by atoms with Crippen molar-refractivity contribution in [2.75, 3.05) is 19.0 Å². The molecule has 0 bridgehead atoms. The maximum Gasteiger partial charge on any atom is 0.255 e. The van der Waals surface area contributed by atoms with E-state index >= 15 is 0 Å². The number of methoxy groups -OCH3 is 1. The summed E-state index contributed by atoms with van der Waals surface area (Å²) in [6.07, 6.45) is 2.17. The van der Waals surface area contributed by atoms with Gasteiger partial charge in [-0.25, -0.2) is 13.1 Å². The average Bonchev–Trinajstić information content (AvgIpc) is 2.72. The lowest BCUT2D eigenvalue weighted by molar-refractivity contribution is 0.102. The Kier molecular flexibility index (Phi) is 8.24. The number of carbonyl (C=O) groups excluding carboxylic acids is 1. The number of hydrogen-bond acceptors (Lipinski definition) is 4. The molecule has 0 saturated heterocycles. The van der Waals surface area contributed by atoms with Crippen LogP contribution in [0.3, 0.4) is 0 Å². The van der Waals surface area contributed by atoms with E-state index in [0.717, 1.165) is 34.1 Å². The molecule has 0 fully saturated rings. The van der Waals surface area contributed by atoms with Crippen molar-refractivity contribution in [1.29, 1.82) is 0 Å². The number of rotatable bonds is 9. The lowest BCUT2D eigenvalue weighted by atomic mass is 10.0. The normalized spacial score (nSPS) is 11.3. The quantitative estimate of drug-likeness (QED) is 0.549. The fourth-order valence-corrected chi connectivity index (χ4v) is 4.85. The molecule has 2 N–H and O–H groups in total. The molecule has 0 heterocycles. The third-order valence-corrected chi connectivity index (χ3v) is 6.46. The van der Waals surface area contributed by atoms with Crippen LogP contribution in [0.15, 0.2) is 39.7 Å². The highest BCUT2D eigenvalue weighted by Gasteiger charge is 2.22. The molecule has 1 amide bonds. The Labute approximate surface area is 181 Å². The smallest absolute Gasteiger partial charge is 0.255 e. The van der Waals surface area contributed by atoms with Crippen LogP contribution >= 0.6 is 15.9 Å². The number of aryl methyl sites for hydroxylation is 2. The number of hydrogen-bond donors (Lipinski definition) is 2. The van der Waals surface area contributed by atoms with Gasteiger partial charge in [0.05, 0.1) is 7.11 Å². The molecular weight excluding hydrogens is 456 g/mol. The van der Waals surface area contributed by atoms with Gasteiger partial charge in [-0.15, -0.1) is 0 Å². The van der Waals surface area contributed by atoms with Crippen molar-refractivity contribution in [3.63, 3.8) is 0 Å². The second-order valence-electron chi connectivity index (χ2n) is 6.52. The van der Waals surface area contributed by atoms with Crippen LogP contribution in [0.2, 0.25) is 0 Å². The van der Waals surface area contributed by atoms with Gasteiger partial charge in [0.25, 0.3) is 5.91 Å². The molecule has 8 heteroatoms. The Bertz CT molecular complexity index is 965. The standard InChI is InChI=1S/C21H27BrN2O4S/c1-5-10-23-29(26,27)19-13-16(8-9-18(19)28-4)21(25)24-20-14(6-2)11-17(22)12-15(20)7-3/h8-9,11-13,23H,5-7,10H2,1-4H3,(H,24,25). The highest BCUT2D eigenvalue weighted by Crippen LogP contribution is 2.29. The average molecular weight is 483 g/mol. The van der Waals surface area contributed by atoms with E-state index < -0.39 is 10.0 Å². The van der Waals surface area contributed by atoms with Gasteiger partial charge in [0.1, 0.15) is 10.6 Å². The van der Waals surface area contributed by atoms with E-state index in [1.54, 1.807) is 6.07 Å². The number of amides is 1. The fraction of sp³-hybridized carbons (Fsp3) is 0.381. The molecular formula is C21H27BrN2O4S. The van der Waals surface area contributed by atoms with E-state index in [1.807, 2.05) is 32.9 Å². The summed E-state index contributed by atoms with van der Waals surface area (Å²) in [6, 6.07) is 8.37. The summed E-state index contributed by atoms with van der Waals surface area (Å²) < 4.78 is 33.9. The molecule has 0 aromatic heterocycles. The summed E-state index contributed by atoms with van der Waals surface area (Å²) in [4.78, 5) is 12.9. The predicted octanol–water partition coefficient (Wildman–Crippen LogP) is 4.52. The molecule has 0 unspecified atom stereocenters. The molecule has 2 aromatic rings. The van der Waals surface area contributed by atoms with Crippen LogP contribution in [0.25, 0.3) is 0 Å². The minimum atomic E-state index is -3.79. The number of ether oxygens (including phenoxy) is 1. The zero-order valence-corrected chi connectivity index (χ0v) is 19.5. The molecule has 2 rings (SSSR count). The molecule has 0 radical (unpaired) electrons. The lowest BCUT2D eigenvalue weighted by Gasteiger charge is -2.16. The largest absolute Gasteiger partial charge is 0.495 e. The van der Waals surface area contributed by atoms with E-state index in [9.17, 15) is 13.2 Å². The predicted molar refractivity (Wildman–Crippen MR) is 119 cm³/mol. The highest BCUT2D eigenvalue weighted by molar-refractivity contribution is 9.10. The number of halogens is 1. The van der Waals surface area contributed by atoms with Gasteiger partial charge in [0.15, 0.2) is 0 Å². The van der Waals surface area contributed by atoms with Gasteiger partial charge in [0, 0.05) is 22.3 Å². The Morgan fingerprint density at radius 3 is 2.21 bits per heavy atom. The van der Waals surface area contributed by atoms with Gasteiger partial charge >= 0.3 is 0 Å². The Balaban J connectivity index is 2.44. The molecule has 0 aliphatic rings. The summed E-state index contributed by atoms with van der Waals surface area (Å²) in [5.74, 6) is -0.177. The van der Waals surface area contributed by atoms with Crippen molar-refractivity contribution in [2.24, 2.45) is 0 Å². The van der Waals surface area contributed by atoms with Crippen LogP contribution in [0, 0.1) is 0 Å². The molecule has 0 atom stereocenters. The fourth-order valence-electron chi connectivity index (χ4n) is 2.97. The molecule has 0 aliphatic heterocycles. The first kappa shape index (κ1) is 23.4. The Hall–Kier alpha value is -1.90. The van der Waals surface area contributed by atoms with Gasteiger partial charge in [0.2, 0.25) is 10.0 Å². The summed E-state index contributed by atoms with van der Waals surface area (Å²) >= 11 is 3.51. The first-order chi connectivity index (χ1) is 13.8. The maximum absolute atomic E-state index is 12.9. The molecule has 158 valence electrons. The summed E-state index contributed by atoms with van der Waals surface area (Å²) in [7, 11) is -2.39. The van der Waals surface area contributed by atoms with Crippen LogP contribution in [0.1, 0.15) is 48.7 Å². The zero-order chi connectivity index (χ0) is 21.6. The van der Waals surface area contributed by atoms with Crippen LogP contribution in [0.5, 0.6) is 5.75 Å². The Morgan fingerprint density at radius 2 is 1.69 bits per heavy atom. The lowest BCUT2D eigenvalue weighted by Crippen LogP contribution is -2.25. The van der Waals surface area contributed by atoms with Gasteiger partial charge in [-0.1, -0.05) is 36.7 Å². The van der Waals surface area contributed by atoms with Gasteiger partial charge in [-0.3, -0.25) is 4.79 Å². The van der Waals surface area contributed by atoms with E-state index in [4.69, 9.17) is 4.74 Å². The third kappa shape index (κ3) is 5.58. The van der Waals surface area contributed by atoms with Crippen molar-refractivity contribution in [1.82, 2.24) is 4.72 Å². The second kappa shape index (κ2) is 10.2. The van der Waals surface area contributed by atoms with Gasteiger partial charge in [-0.05, 0) is 60.7 Å². The zero-order valence-electron chi connectivity index (χ0n) is 17.1. The molecule has 0 aliphatic carbocycles. The molecule has 6 nitrogen and oxygen atoms in total. The second-order valence-corrected chi connectivity index (χ2v) is 9.17. The number of nitrogens with one attached hydrogen (secondary N) is 2. The van der Waals surface area contributed by atoms with Gasteiger partial charge < -0.3 is 10.1 Å². The number of benzene rings is 2. The molecule has 0 saturated carbocycles. The van der Waals surface area contributed by atoms with E-state index in [-0.39, 0.29) is 22.1 Å². The van der Waals surface area contributed by atoms with Crippen LogP contribution in [0.4, 0.5) is 5.69 Å². The first-order valence-electron chi connectivity index (χ1n) is 9.57. The van der Waals surface area contributed by atoms with Crippen molar-refractivity contribution in [2.45, 2.75) is 44.9 Å². The van der Waals surface area contributed by atoms with Crippen molar-refractivity contribution < 1.29 is 17.9 Å². The highest BCUT2D eigenvalue weighted by atomic mass is 79.9. The van der Waals surface area contributed by atoms with Crippen LogP contribution in [-0.2, 0) is 22.9 Å². The van der Waals surface area contributed by atoms with Crippen molar-refractivity contribution in [3.05, 3.63) is 51.5 Å². The first-order valence-corrected chi connectivity index (χ1v) is 11.8. The minimum absolute atomic E-state index is 0.0525.